The van der Waals surface area contributed by atoms with Gasteiger partial charge in [-0.3, -0.25) is 14.9 Å². The number of para-hydroxylation sites is 1. The van der Waals surface area contributed by atoms with Gasteiger partial charge in [0, 0.05) is 45.9 Å². The third-order valence-corrected chi connectivity index (χ3v) is 6.05. The van der Waals surface area contributed by atoms with E-state index in [1.807, 2.05) is 24.3 Å². The Morgan fingerprint density at radius 1 is 1.00 bits per heavy atom. The van der Waals surface area contributed by atoms with Crippen LogP contribution in [0.4, 0.5) is 0 Å². The van der Waals surface area contributed by atoms with Crippen LogP contribution >= 0.6 is 0 Å². The molecule has 0 spiro atoms. The molecule has 4 heterocycles. The Balaban J connectivity index is 1.64. The van der Waals surface area contributed by atoms with Crippen molar-refractivity contribution in [2.75, 3.05) is 13.4 Å². The van der Waals surface area contributed by atoms with Gasteiger partial charge in [0.25, 0.3) is 11.8 Å². The maximum absolute atomic E-state index is 13.0. The summed E-state index contributed by atoms with van der Waals surface area (Å²) in [6.45, 7) is -0.238. The lowest BCUT2D eigenvalue weighted by Gasteiger charge is -2.10. The summed E-state index contributed by atoms with van der Waals surface area (Å²) < 4.78 is 12.8. The van der Waals surface area contributed by atoms with Crippen LogP contribution in [0.3, 0.4) is 0 Å². The first kappa shape index (κ1) is 19.6. The average Bonchev–Trinajstić information content (AvgIpc) is 3.57. The topological polar surface area (TPSA) is 126 Å². The normalized spacial score (nSPS) is 16.3. The van der Waals surface area contributed by atoms with Crippen LogP contribution in [-0.2, 0) is 16.1 Å². The van der Waals surface area contributed by atoms with Gasteiger partial charge in [0.2, 0.25) is 6.79 Å². The van der Waals surface area contributed by atoms with Crippen molar-refractivity contribution in [2.24, 2.45) is 0 Å². The third kappa shape index (κ3) is 2.94. The third-order valence-electron chi connectivity index (χ3n) is 6.05. The molecule has 33 heavy (non-hydrogen) atoms. The minimum Gasteiger partial charge on any atom is -0.454 e. The predicted octanol–water partition coefficient (Wildman–Crippen LogP) is 1.77. The van der Waals surface area contributed by atoms with Gasteiger partial charge in [0.15, 0.2) is 11.5 Å². The van der Waals surface area contributed by atoms with Gasteiger partial charge >= 0.3 is 0 Å². The number of aromatic nitrogens is 2. The van der Waals surface area contributed by atoms with Gasteiger partial charge in [-0.2, -0.15) is 0 Å². The molecule has 4 aromatic rings. The number of nitrogens with zero attached hydrogens (tertiary/aromatic N) is 1. The fourth-order valence-corrected chi connectivity index (χ4v) is 4.56. The molecule has 166 valence electrons. The Morgan fingerprint density at radius 2 is 1.73 bits per heavy atom. The van der Waals surface area contributed by atoms with Crippen molar-refractivity contribution < 1.29 is 29.3 Å². The molecule has 2 aliphatic rings. The van der Waals surface area contributed by atoms with Crippen LogP contribution in [-0.4, -0.2) is 51.1 Å². The number of aromatic amines is 1. The van der Waals surface area contributed by atoms with Crippen LogP contribution < -0.4 is 14.8 Å². The highest BCUT2D eigenvalue weighted by Crippen LogP contribution is 2.42. The number of aliphatic hydroxyl groups excluding tert-OH is 2. The van der Waals surface area contributed by atoms with E-state index in [0.717, 1.165) is 10.9 Å². The Morgan fingerprint density at radius 3 is 2.52 bits per heavy atom. The first-order valence-electron chi connectivity index (χ1n) is 10.4. The van der Waals surface area contributed by atoms with E-state index in [4.69, 9.17) is 9.47 Å². The minimum atomic E-state index is -1.00. The number of rotatable bonds is 5. The van der Waals surface area contributed by atoms with Crippen molar-refractivity contribution in [3.8, 4) is 11.5 Å². The van der Waals surface area contributed by atoms with Crippen LogP contribution in [0.2, 0.25) is 0 Å². The Labute approximate surface area is 186 Å². The molecule has 0 radical (unpaired) electrons. The Hall–Kier alpha value is -4.08. The first-order chi connectivity index (χ1) is 16.0. The largest absolute Gasteiger partial charge is 0.454 e. The lowest BCUT2D eigenvalue weighted by Crippen LogP contribution is -2.22. The van der Waals surface area contributed by atoms with Gasteiger partial charge in [0.05, 0.1) is 35.9 Å². The number of aliphatic hydroxyl groups is 2. The lowest BCUT2D eigenvalue weighted by molar-refractivity contribution is -0.122. The molecule has 6 rings (SSSR count). The van der Waals surface area contributed by atoms with E-state index in [2.05, 4.69) is 10.3 Å². The summed E-state index contributed by atoms with van der Waals surface area (Å²) in [5.74, 6) is 0.101. The molecule has 0 aliphatic carbocycles. The number of imide groups is 1. The van der Waals surface area contributed by atoms with Gasteiger partial charge in [-0.15, -0.1) is 0 Å². The minimum absolute atomic E-state index is 0.0821. The van der Waals surface area contributed by atoms with E-state index in [9.17, 15) is 19.8 Å². The van der Waals surface area contributed by atoms with E-state index >= 15 is 0 Å². The number of hydrogen-bond donors (Lipinski definition) is 4. The quantitative estimate of drug-likeness (QED) is 0.347. The molecule has 2 amide bonds. The average molecular weight is 445 g/mol. The number of hydrogen-bond acceptors (Lipinski definition) is 6. The van der Waals surface area contributed by atoms with E-state index in [-0.39, 0.29) is 24.5 Å². The SMILES string of the molecule is O=C1NC(=O)C(c2cn(CC(O)CO)c3cc4c(cc23)OCO4)=C1c1c[nH]c2ccccc12. The summed E-state index contributed by atoms with van der Waals surface area (Å²) in [5.41, 5.74) is 3.20. The van der Waals surface area contributed by atoms with Crippen LogP contribution in [0.15, 0.2) is 48.8 Å². The highest BCUT2D eigenvalue weighted by atomic mass is 16.7. The summed E-state index contributed by atoms with van der Waals surface area (Å²) in [6, 6.07) is 11.1. The zero-order valence-electron chi connectivity index (χ0n) is 17.3. The van der Waals surface area contributed by atoms with Crippen molar-refractivity contribution in [3.05, 3.63) is 59.9 Å². The second-order valence-electron chi connectivity index (χ2n) is 8.04. The maximum atomic E-state index is 13.0. The molecule has 2 aliphatic heterocycles. The first-order valence-corrected chi connectivity index (χ1v) is 10.4. The maximum Gasteiger partial charge on any atom is 0.259 e. The molecule has 0 saturated heterocycles. The van der Waals surface area contributed by atoms with Crippen LogP contribution in [0.5, 0.6) is 11.5 Å². The number of carbonyl (C=O) groups excluding carboxylic acids is 2. The van der Waals surface area contributed by atoms with Crippen molar-refractivity contribution in [3.63, 3.8) is 0 Å². The second-order valence-corrected chi connectivity index (χ2v) is 8.04. The Bertz CT molecular complexity index is 1490. The van der Waals surface area contributed by atoms with E-state index < -0.39 is 24.5 Å². The summed E-state index contributed by atoms with van der Waals surface area (Å²) in [5, 5.41) is 23.4. The fraction of sp³-hybridized carbons (Fsp3) is 0.167. The molecule has 1 unspecified atom stereocenters. The number of fused-ring (bicyclic) bond motifs is 3. The monoisotopic (exact) mass is 445 g/mol. The van der Waals surface area contributed by atoms with Crippen molar-refractivity contribution in [1.82, 2.24) is 14.9 Å². The number of benzene rings is 2. The zero-order chi connectivity index (χ0) is 22.7. The molecular weight excluding hydrogens is 426 g/mol. The lowest BCUT2D eigenvalue weighted by atomic mass is 9.95. The molecular formula is C24H19N3O6. The number of H-pyrrole nitrogens is 1. The van der Waals surface area contributed by atoms with E-state index in [1.165, 1.54) is 0 Å². The van der Waals surface area contributed by atoms with Gasteiger partial charge in [-0.25, -0.2) is 0 Å². The van der Waals surface area contributed by atoms with Gasteiger partial charge < -0.3 is 29.2 Å². The molecule has 9 nitrogen and oxygen atoms in total. The highest BCUT2D eigenvalue weighted by Gasteiger charge is 2.35. The highest BCUT2D eigenvalue weighted by molar-refractivity contribution is 6.50. The predicted molar refractivity (Wildman–Crippen MR) is 119 cm³/mol. The molecule has 0 fully saturated rings. The van der Waals surface area contributed by atoms with Crippen molar-refractivity contribution in [1.29, 1.82) is 0 Å². The zero-order valence-corrected chi connectivity index (χ0v) is 17.3. The van der Waals surface area contributed by atoms with Crippen molar-refractivity contribution >= 4 is 44.8 Å². The summed E-state index contributed by atoms with van der Waals surface area (Å²) in [6.07, 6.45) is 2.43. The number of nitrogens with one attached hydrogen (secondary N) is 2. The Kier molecular flexibility index (Phi) is 4.29. The van der Waals surface area contributed by atoms with Crippen LogP contribution in [0, 0.1) is 0 Å². The smallest absolute Gasteiger partial charge is 0.259 e. The van der Waals surface area contributed by atoms with Gasteiger partial charge in [-0.1, -0.05) is 18.2 Å². The molecule has 0 bridgehead atoms. The molecule has 9 heteroatoms. The van der Waals surface area contributed by atoms with E-state index in [1.54, 1.807) is 29.1 Å². The van der Waals surface area contributed by atoms with Crippen LogP contribution in [0.1, 0.15) is 11.1 Å². The second kappa shape index (κ2) is 7.22. The standard InChI is InChI=1S/C24H19N3O6/c28-10-12(29)8-27-9-16(14-5-19-20(6-18(14)27)33-11-32-19)22-21(23(30)26-24(22)31)15-7-25-17-4-2-1-3-13(15)17/h1-7,9,12,25,28-29H,8,10-11H2,(H,26,30,31). The van der Waals surface area contributed by atoms with Gasteiger partial charge in [-0.05, 0) is 12.1 Å². The summed E-state index contributed by atoms with van der Waals surface area (Å²) >= 11 is 0. The van der Waals surface area contributed by atoms with E-state index in [0.29, 0.717) is 33.5 Å². The molecule has 2 aromatic heterocycles. The van der Waals surface area contributed by atoms with Crippen molar-refractivity contribution in [2.45, 2.75) is 12.6 Å². The summed E-state index contributed by atoms with van der Waals surface area (Å²) in [7, 11) is 0. The number of ether oxygens (including phenoxy) is 2. The molecule has 4 N–H and O–H groups in total. The number of carbonyl (C=O) groups is 2. The van der Waals surface area contributed by atoms with Gasteiger partial charge in [0.1, 0.15) is 0 Å². The molecule has 0 saturated carbocycles. The molecule has 2 aromatic carbocycles. The van der Waals surface area contributed by atoms with Crippen LogP contribution in [0.25, 0.3) is 33.0 Å². The molecule has 1 atom stereocenters. The fourth-order valence-electron chi connectivity index (χ4n) is 4.56. The summed E-state index contributed by atoms with van der Waals surface area (Å²) in [4.78, 5) is 29.1. The number of amides is 2.